The Hall–Kier alpha value is -3.20. The van der Waals surface area contributed by atoms with Crippen molar-refractivity contribution in [3.05, 3.63) is 54.9 Å². The van der Waals surface area contributed by atoms with Crippen LogP contribution in [0.5, 0.6) is 0 Å². The molecule has 0 bridgehead atoms. The zero-order valence-electron chi connectivity index (χ0n) is 15.6. The van der Waals surface area contributed by atoms with Crippen molar-refractivity contribution in [3.8, 4) is 17.1 Å². The number of carbonyl (C=O) groups is 2. The molecule has 3 aromatic rings. The lowest BCUT2D eigenvalue weighted by atomic mass is 10.2. The Balaban J connectivity index is 1.79. The molecule has 2 amide bonds. The van der Waals surface area contributed by atoms with E-state index in [0.29, 0.717) is 11.0 Å². The van der Waals surface area contributed by atoms with Crippen molar-refractivity contribution in [2.75, 3.05) is 26.4 Å². The van der Waals surface area contributed by atoms with E-state index < -0.39 is 0 Å². The Morgan fingerprint density at radius 3 is 2.46 bits per heavy atom. The molecular formula is C19H20N6O2S. The highest BCUT2D eigenvalue weighted by Gasteiger charge is 2.17. The van der Waals surface area contributed by atoms with Crippen molar-refractivity contribution in [1.29, 1.82) is 0 Å². The minimum absolute atomic E-state index is 0.0277. The first kappa shape index (κ1) is 19.6. The number of nitrogens with one attached hydrogen (secondary N) is 1. The summed E-state index contributed by atoms with van der Waals surface area (Å²) in [7, 11) is 3.29. The Morgan fingerprint density at radius 2 is 1.79 bits per heavy atom. The molecule has 9 heteroatoms. The molecule has 1 N–H and O–H groups in total. The fourth-order valence-corrected chi connectivity index (χ4v) is 3.16. The minimum Gasteiger partial charge on any atom is -0.347 e. The Labute approximate surface area is 167 Å². The number of para-hydroxylation sites is 1. The Bertz CT molecular complexity index is 944. The number of carbonyl (C=O) groups excluding carboxylic acids is 2. The van der Waals surface area contributed by atoms with Gasteiger partial charge in [-0.15, -0.1) is 10.2 Å². The number of hydrogen-bond acceptors (Lipinski definition) is 6. The number of likely N-dealkylation sites (N-methyl/N-ethyl adjacent to an activating group) is 1. The SMILES string of the molecule is CN(C)C(=O)CNC(=O)CSc1nnc(-c2ccncc2)n1-c1ccccc1. The van der Waals surface area contributed by atoms with Crippen LogP contribution >= 0.6 is 11.8 Å². The maximum absolute atomic E-state index is 12.1. The molecule has 0 aliphatic heterocycles. The number of thioether (sulfide) groups is 1. The smallest absolute Gasteiger partial charge is 0.241 e. The van der Waals surface area contributed by atoms with Gasteiger partial charge >= 0.3 is 0 Å². The van der Waals surface area contributed by atoms with Gasteiger partial charge in [0.2, 0.25) is 11.8 Å². The van der Waals surface area contributed by atoms with E-state index >= 15 is 0 Å². The minimum atomic E-state index is -0.242. The van der Waals surface area contributed by atoms with Gasteiger partial charge in [-0.3, -0.25) is 19.1 Å². The van der Waals surface area contributed by atoms with Crippen LogP contribution in [0.2, 0.25) is 0 Å². The maximum atomic E-state index is 12.1. The lowest BCUT2D eigenvalue weighted by Gasteiger charge is -2.11. The molecule has 8 nitrogen and oxygen atoms in total. The van der Waals surface area contributed by atoms with Gasteiger partial charge in [-0.1, -0.05) is 30.0 Å². The molecule has 0 radical (unpaired) electrons. The standard InChI is InChI=1S/C19H20N6O2S/c1-24(2)17(27)12-21-16(26)13-28-19-23-22-18(14-8-10-20-11-9-14)25(19)15-6-4-3-5-7-15/h3-11H,12-13H2,1-2H3,(H,21,26). The highest BCUT2D eigenvalue weighted by molar-refractivity contribution is 7.99. The van der Waals surface area contributed by atoms with Gasteiger partial charge < -0.3 is 10.2 Å². The first-order valence-electron chi connectivity index (χ1n) is 8.57. The molecule has 28 heavy (non-hydrogen) atoms. The zero-order chi connectivity index (χ0) is 19.9. The Morgan fingerprint density at radius 1 is 1.07 bits per heavy atom. The van der Waals surface area contributed by atoms with E-state index in [9.17, 15) is 9.59 Å². The van der Waals surface area contributed by atoms with Gasteiger partial charge in [0.15, 0.2) is 11.0 Å². The van der Waals surface area contributed by atoms with Crippen molar-refractivity contribution in [1.82, 2.24) is 30.0 Å². The van der Waals surface area contributed by atoms with Crippen molar-refractivity contribution in [2.45, 2.75) is 5.16 Å². The van der Waals surface area contributed by atoms with Gasteiger partial charge in [0, 0.05) is 37.7 Å². The number of nitrogens with zero attached hydrogens (tertiary/aromatic N) is 5. The largest absolute Gasteiger partial charge is 0.347 e. The van der Waals surface area contributed by atoms with Crippen molar-refractivity contribution in [2.24, 2.45) is 0 Å². The van der Waals surface area contributed by atoms with Crippen LogP contribution in [-0.4, -0.2) is 62.9 Å². The molecule has 0 unspecified atom stereocenters. The molecule has 0 fully saturated rings. The van der Waals surface area contributed by atoms with Crippen LogP contribution in [0.15, 0.2) is 60.0 Å². The Kier molecular flexibility index (Phi) is 6.38. The van der Waals surface area contributed by atoms with Gasteiger partial charge in [0.05, 0.1) is 12.3 Å². The summed E-state index contributed by atoms with van der Waals surface area (Å²) < 4.78 is 1.90. The predicted octanol–water partition coefficient (Wildman–Crippen LogP) is 1.63. The number of rotatable bonds is 7. The highest BCUT2D eigenvalue weighted by atomic mass is 32.2. The van der Waals surface area contributed by atoms with Crippen LogP contribution in [0.4, 0.5) is 0 Å². The van der Waals surface area contributed by atoms with E-state index in [4.69, 9.17) is 0 Å². The monoisotopic (exact) mass is 396 g/mol. The first-order valence-corrected chi connectivity index (χ1v) is 9.55. The number of aromatic nitrogens is 4. The quantitative estimate of drug-likeness (QED) is 0.610. The average Bonchev–Trinajstić information content (AvgIpc) is 3.15. The van der Waals surface area contributed by atoms with Crippen molar-refractivity contribution < 1.29 is 9.59 Å². The van der Waals surface area contributed by atoms with Crippen molar-refractivity contribution >= 4 is 23.6 Å². The van der Waals surface area contributed by atoms with Crippen LogP contribution in [-0.2, 0) is 9.59 Å². The average molecular weight is 396 g/mol. The van der Waals surface area contributed by atoms with Crippen LogP contribution in [0.25, 0.3) is 17.1 Å². The summed E-state index contributed by atoms with van der Waals surface area (Å²) in [5.74, 6) is 0.389. The fourth-order valence-electron chi connectivity index (χ4n) is 2.37. The summed E-state index contributed by atoms with van der Waals surface area (Å²) >= 11 is 1.26. The van der Waals surface area contributed by atoms with Crippen molar-refractivity contribution in [3.63, 3.8) is 0 Å². The molecule has 1 aromatic carbocycles. The van der Waals surface area contributed by atoms with Crippen LogP contribution in [0.3, 0.4) is 0 Å². The molecule has 2 heterocycles. The second kappa shape index (κ2) is 9.14. The van der Waals surface area contributed by atoms with Gasteiger partial charge in [0.1, 0.15) is 0 Å². The zero-order valence-corrected chi connectivity index (χ0v) is 16.4. The summed E-state index contributed by atoms with van der Waals surface area (Å²) in [6.45, 7) is -0.0277. The third-order valence-corrected chi connectivity index (χ3v) is 4.78. The highest BCUT2D eigenvalue weighted by Crippen LogP contribution is 2.27. The third-order valence-electron chi connectivity index (χ3n) is 3.85. The van der Waals surface area contributed by atoms with Gasteiger partial charge in [0.25, 0.3) is 0 Å². The van der Waals surface area contributed by atoms with Crippen LogP contribution in [0.1, 0.15) is 0 Å². The number of benzene rings is 1. The van der Waals surface area contributed by atoms with E-state index in [1.807, 2.05) is 47.0 Å². The molecular weight excluding hydrogens is 376 g/mol. The molecule has 2 aromatic heterocycles. The molecule has 0 aliphatic rings. The summed E-state index contributed by atoms with van der Waals surface area (Å²) in [5.41, 5.74) is 1.77. The first-order chi connectivity index (χ1) is 13.6. The van der Waals surface area contributed by atoms with E-state index in [0.717, 1.165) is 11.3 Å². The number of amides is 2. The second-order valence-corrected chi connectivity index (χ2v) is 7.01. The summed E-state index contributed by atoms with van der Waals surface area (Å²) in [4.78, 5) is 29.2. The summed E-state index contributed by atoms with van der Waals surface area (Å²) in [5, 5.41) is 11.8. The molecule has 0 saturated heterocycles. The van der Waals surface area contributed by atoms with Gasteiger partial charge in [-0.2, -0.15) is 0 Å². The molecule has 0 saturated carbocycles. The van der Waals surface area contributed by atoms with Gasteiger partial charge in [-0.05, 0) is 24.3 Å². The maximum Gasteiger partial charge on any atom is 0.241 e. The van der Waals surface area contributed by atoms with E-state index in [1.54, 1.807) is 26.5 Å². The molecule has 0 aliphatic carbocycles. The normalized spacial score (nSPS) is 10.5. The van der Waals surface area contributed by atoms with Crippen LogP contribution in [0, 0.1) is 0 Å². The van der Waals surface area contributed by atoms with Crippen LogP contribution < -0.4 is 5.32 Å². The summed E-state index contributed by atoms with van der Waals surface area (Å²) in [6.07, 6.45) is 3.39. The third kappa shape index (κ3) is 4.74. The number of pyridine rings is 1. The van der Waals surface area contributed by atoms with E-state index in [2.05, 4.69) is 20.5 Å². The topological polar surface area (TPSA) is 93.0 Å². The number of hydrogen-bond donors (Lipinski definition) is 1. The summed E-state index contributed by atoms with van der Waals surface area (Å²) in [6, 6.07) is 13.4. The molecule has 3 rings (SSSR count). The second-order valence-electron chi connectivity index (χ2n) is 6.07. The molecule has 0 spiro atoms. The predicted molar refractivity (Wildman–Crippen MR) is 107 cm³/mol. The molecule has 0 atom stereocenters. The van der Waals surface area contributed by atoms with E-state index in [1.165, 1.54) is 16.7 Å². The lowest BCUT2D eigenvalue weighted by molar-refractivity contribution is -0.130. The van der Waals surface area contributed by atoms with E-state index in [-0.39, 0.29) is 24.1 Å². The fraction of sp³-hybridized carbons (Fsp3) is 0.211. The molecule has 144 valence electrons. The lowest BCUT2D eigenvalue weighted by Crippen LogP contribution is -2.37. The van der Waals surface area contributed by atoms with Gasteiger partial charge in [-0.25, -0.2) is 0 Å².